The number of hydrogen-bond donors (Lipinski definition) is 1. The molecule has 3 nitrogen and oxygen atoms in total. The third-order valence-corrected chi connectivity index (χ3v) is 3.76. The van der Waals surface area contributed by atoms with Crippen LogP contribution in [-0.2, 0) is 0 Å². The summed E-state index contributed by atoms with van der Waals surface area (Å²) in [6.07, 6.45) is 2.22. The summed E-state index contributed by atoms with van der Waals surface area (Å²) in [5, 5.41) is 3.64. The number of para-hydroxylation sites is 2. The molecule has 1 aliphatic heterocycles. The van der Waals surface area contributed by atoms with Gasteiger partial charge in [0.1, 0.15) is 5.75 Å². The van der Waals surface area contributed by atoms with Crippen molar-refractivity contribution >= 4 is 5.69 Å². The highest BCUT2D eigenvalue weighted by atomic mass is 16.5. The molecule has 0 saturated heterocycles. The van der Waals surface area contributed by atoms with Gasteiger partial charge in [-0.3, -0.25) is 0 Å². The van der Waals surface area contributed by atoms with E-state index in [2.05, 4.69) is 62.2 Å². The molecule has 1 unspecified atom stereocenters. The van der Waals surface area contributed by atoms with Crippen LogP contribution in [0.1, 0.15) is 40.5 Å². The van der Waals surface area contributed by atoms with Crippen molar-refractivity contribution in [2.45, 2.75) is 52.1 Å². The van der Waals surface area contributed by atoms with Crippen molar-refractivity contribution in [1.82, 2.24) is 5.32 Å². The Hall–Kier alpha value is -1.22. The second-order valence-corrected chi connectivity index (χ2v) is 6.56. The van der Waals surface area contributed by atoms with Gasteiger partial charge in [0.05, 0.1) is 12.3 Å². The van der Waals surface area contributed by atoms with Crippen molar-refractivity contribution in [2.24, 2.45) is 0 Å². The lowest BCUT2D eigenvalue weighted by molar-refractivity contribution is 0.321. The van der Waals surface area contributed by atoms with E-state index in [1.807, 2.05) is 0 Å². The van der Waals surface area contributed by atoms with Gasteiger partial charge in [-0.05, 0) is 45.7 Å². The van der Waals surface area contributed by atoms with Gasteiger partial charge in [-0.15, -0.1) is 0 Å². The maximum absolute atomic E-state index is 5.86. The number of nitrogens with one attached hydrogen (secondary N) is 1. The lowest BCUT2D eigenvalue weighted by Gasteiger charge is -2.35. The number of hydrogen-bond acceptors (Lipinski definition) is 3. The Labute approximate surface area is 123 Å². The Morgan fingerprint density at radius 2 is 2.05 bits per heavy atom. The molecule has 2 rings (SSSR count). The fourth-order valence-electron chi connectivity index (χ4n) is 2.63. The van der Waals surface area contributed by atoms with E-state index in [1.165, 1.54) is 5.69 Å². The third kappa shape index (κ3) is 3.89. The van der Waals surface area contributed by atoms with Crippen LogP contribution < -0.4 is 15.0 Å². The Kier molecular flexibility index (Phi) is 4.92. The number of fused-ring (bicyclic) bond motifs is 1. The van der Waals surface area contributed by atoms with Crippen LogP contribution in [0.3, 0.4) is 0 Å². The van der Waals surface area contributed by atoms with Gasteiger partial charge < -0.3 is 15.0 Å². The van der Waals surface area contributed by atoms with Crippen LogP contribution in [0.15, 0.2) is 24.3 Å². The maximum Gasteiger partial charge on any atom is 0.142 e. The zero-order valence-electron chi connectivity index (χ0n) is 13.3. The van der Waals surface area contributed by atoms with E-state index < -0.39 is 0 Å². The van der Waals surface area contributed by atoms with Crippen molar-refractivity contribution in [3.63, 3.8) is 0 Å². The number of ether oxygens (including phenoxy) is 1. The van der Waals surface area contributed by atoms with Crippen LogP contribution in [0.4, 0.5) is 5.69 Å². The average Bonchev–Trinajstić information content (AvgIpc) is 2.61. The molecule has 1 N–H and O–H groups in total. The SMILES string of the molecule is CCC(CNC(C)(C)C)N1CCCOc2ccccc21. The molecule has 0 aromatic heterocycles. The molecule has 0 aliphatic carbocycles. The van der Waals surface area contributed by atoms with Crippen molar-refractivity contribution in [3.05, 3.63) is 24.3 Å². The highest BCUT2D eigenvalue weighted by Crippen LogP contribution is 2.32. The molecule has 1 heterocycles. The minimum absolute atomic E-state index is 0.162. The first-order valence-corrected chi connectivity index (χ1v) is 7.75. The maximum atomic E-state index is 5.86. The lowest BCUT2D eigenvalue weighted by Crippen LogP contribution is -2.47. The van der Waals surface area contributed by atoms with E-state index in [1.54, 1.807) is 0 Å². The van der Waals surface area contributed by atoms with E-state index in [9.17, 15) is 0 Å². The summed E-state index contributed by atoms with van der Waals surface area (Å²) in [6, 6.07) is 8.93. The lowest BCUT2D eigenvalue weighted by atomic mass is 10.1. The summed E-state index contributed by atoms with van der Waals surface area (Å²) in [7, 11) is 0. The molecule has 1 aliphatic rings. The van der Waals surface area contributed by atoms with E-state index in [4.69, 9.17) is 4.74 Å². The largest absolute Gasteiger partial charge is 0.491 e. The van der Waals surface area contributed by atoms with Crippen molar-refractivity contribution in [1.29, 1.82) is 0 Å². The van der Waals surface area contributed by atoms with E-state index in [0.717, 1.165) is 38.3 Å². The van der Waals surface area contributed by atoms with Crippen molar-refractivity contribution in [3.8, 4) is 5.75 Å². The molecule has 0 radical (unpaired) electrons. The molecular weight excluding hydrogens is 248 g/mol. The summed E-state index contributed by atoms with van der Waals surface area (Å²) >= 11 is 0. The minimum atomic E-state index is 0.162. The molecule has 1 aromatic rings. The smallest absolute Gasteiger partial charge is 0.142 e. The van der Waals surface area contributed by atoms with Crippen LogP contribution >= 0.6 is 0 Å². The average molecular weight is 276 g/mol. The first kappa shape index (κ1) is 15.2. The van der Waals surface area contributed by atoms with Crippen LogP contribution in [0.25, 0.3) is 0 Å². The van der Waals surface area contributed by atoms with Gasteiger partial charge in [-0.1, -0.05) is 19.1 Å². The highest BCUT2D eigenvalue weighted by Gasteiger charge is 2.23. The summed E-state index contributed by atoms with van der Waals surface area (Å²) in [5.74, 6) is 1.03. The van der Waals surface area contributed by atoms with Gasteiger partial charge in [0.15, 0.2) is 0 Å². The number of anilines is 1. The molecule has 3 heteroatoms. The Morgan fingerprint density at radius 3 is 2.75 bits per heavy atom. The molecule has 0 amide bonds. The van der Waals surface area contributed by atoms with Gasteiger partial charge >= 0.3 is 0 Å². The monoisotopic (exact) mass is 276 g/mol. The predicted octanol–water partition coefficient (Wildman–Crippen LogP) is 3.44. The van der Waals surface area contributed by atoms with Gasteiger partial charge in [0.2, 0.25) is 0 Å². The number of nitrogens with zero attached hydrogens (tertiary/aromatic N) is 1. The zero-order chi connectivity index (χ0) is 14.6. The Balaban J connectivity index is 2.16. The molecule has 0 fully saturated rings. The molecule has 112 valence electrons. The molecular formula is C17H28N2O. The van der Waals surface area contributed by atoms with E-state index in [-0.39, 0.29) is 5.54 Å². The van der Waals surface area contributed by atoms with Gasteiger partial charge in [-0.2, -0.15) is 0 Å². The second-order valence-electron chi connectivity index (χ2n) is 6.56. The number of rotatable bonds is 4. The van der Waals surface area contributed by atoms with Crippen LogP contribution in [0, 0.1) is 0 Å². The minimum Gasteiger partial charge on any atom is -0.491 e. The van der Waals surface area contributed by atoms with E-state index >= 15 is 0 Å². The first-order chi connectivity index (χ1) is 9.51. The van der Waals surface area contributed by atoms with Crippen molar-refractivity contribution < 1.29 is 4.74 Å². The molecule has 20 heavy (non-hydrogen) atoms. The van der Waals surface area contributed by atoms with E-state index in [0.29, 0.717) is 6.04 Å². The predicted molar refractivity (Wildman–Crippen MR) is 85.7 cm³/mol. The fourth-order valence-corrected chi connectivity index (χ4v) is 2.63. The van der Waals surface area contributed by atoms with Crippen LogP contribution in [0.5, 0.6) is 5.75 Å². The topological polar surface area (TPSA) is 24.5 Å². The molecule has 0 bridgehead atoms. The fraction of sp³-hybridized carbons (Fsp3) is 0.647. The highest BCUT2D eigenvalue weighted by molar-refractivity contribution is 5.59. The zero-order valence-corrected chi connectivity index (χ0v) is 13.3. The normalized spacial score (nSPS) is 17.1. The first-order valence-electron chi connectivity index (χ1n) is 7.75. The summed E-state index contributed by atoms with van der Waals surface area (Å²) < 4.78 is 5.86. The Bertz CT molecular complexity index is 425. The second kappa shape index (κ2) is 6.49. The summed E-state index contributed by atoms with van der Waals surface area (Å²) in [5.41, 5.74) is 1.41. The van der Waals surface area contributed by atoms with Crippen LogP contribution in [0.2, 0.25) is 0 Å². The molecule has 0 saturated carbocycles. The summed E-state index contributed by atoms with van der Waals surface area (Å²) in [6.45, 7) is 11.8. The number of benzene rings is 1. The molecule has 1 atom stereocenters. The standard InChI is InChI=1S/C17H28N2O/c1-5-14(13-18-17(2,3)4)19-11-8-12-20-16-10-7-6-9-15(16)19/h6-7,9-10,14,18H,5,8,11-13H2,1-4H3. The van der Waals surface area contributed by atoms with Gasteiger partial charge in [0.25, 0.3) is 0 Å². The van der Waals surface area contributed by atoms with Gasteiger partial charge in [0, 0.05) is 24.7 Å². The quantitative estimate of drug-likeness (QED) is 0.911. The third-order valence-electron chi connectivity index (χ3n) is 3.76. The Morgan fingerprint density at radius 1 is 1.30 bits per heavy atom. The molecule has 1 aromatic carbocycles. The van der Waals surface area contributed by atoms with Crippen molar-refractivity contribution in [2.75, 3.05) is 24.6 Å². The van der Waals surface area contributed by atoms with Gasteiger partial charge in [-0.25, -0.2) is 0 Å². The summed E-state index contributed by atoms with van der Waals surface area (Å²) in [4.78, 5) is 2.51. The van der Waals surface area contributed by atoms with Crippen LogP contribution in [-0.4, -0.2) is 31.3 Å². The molecule has 0 spiro atoms.